The molecular formula is C32H38F3N5O11S. The lowest BCUT2D eigenvalue weighted by Crippen LogP contribution is -2.41. The Labute approximate surface area is 296 Å². The summed E-state index contributed by atoms with van der Waals surface area (Å²) in [5.41, 5.74) is 6.21. The van der Waals surface area contributed by atoms with Crippen molar-refractivity contribution in [2.75, 3.05) is 33.4 Å². The maximum atomic E-state index is 13.2. The highest BCUT2D eigenvalue weighted by Gasteiger charge is 2.38. The third kappa shape index (κ3) is 13.0. The summed E-state index contributed by atoms with van der Waals surface area (Å²) in [6, 6.07) is 9.02. The van der Waals surface area contributed by atoms with Crippen molar-refractivity contribution in [1.29, 1.82) is 5.41 Å². The summed E-state index contributed by atoms with van der Waals surface area (Å²) in [6.07, 6.45) is -2.45. The zero-order valence-electron chi connectivity index (χ0n) is 28.2. The number of carboxylic acids is 1. The van der Waals surface area contributed by atoms with E-state index in [1.165, 1.54) is 59.8 Å². The summed E-state index contributed by atoms with van der Waals surface area (Å²) in [7, 11) is -2.51. The number of nitrogens with zero attached hydrogens (tertiary/aromatic N) is 1. The van der Waals surface area contributed by atoms with Gasteiger partial charge in [0, 0.05) is 36.7 Å². The van der Waals surface area contributed by atoms with E-state index in [4.69, 9.17) is 35.3 Å². The van der Waals surface area contributed by atoms with Gasteiger partial charge in [-0.15, -0.1) is 0 Å². The third-order valence-corrected chi connectivity index (χ3v) is 8.81. The number of ether oxygens (including phenoxy) is 3. The fourth-order valence-electron chi connectivity index (χ4n) is 4.43. The summed E-state index contributed by atoms with van der Waals surface area (Å²) in [5.74, 6) is -5.44. The molecule has 0 aliphatic carbocycles. The molecule has 1 fully saturated rings. The van der Waals surface area contributed by atoms with Gasteiger partial charge in [0.15, 0.2) is 0 Å². The van der Waals surface area contributed by atoms with Gasteiger partial charge in [-0.05, 0) is 56.2 Å². The van der Waals surface area contributed by atoms with E-state index in [-0.39, 0.29) is 52.9 Å². The Morgan fingerprint density at radius 2 is 1.63 bits per heavy atom. The van der Waals surface area contributed by atoms with E-state index in [0.717, 1.165) is 20.0 Å². The molecule has 1 atom stereocenters. The van der Waals surface area contributed by atoms with Crippen LogP contribution in [-0.4, -0.2) is 99.0 Å². The number of methoxy groups -OCH3 is 1. The standard InChI is InChI=1S/C30H37N5O9S.C2HF3O2/c1-4-43-27(37)17-23(34-29(38)20-9-11-24(12-10-20)45(40,41)35-13-5-6-14-35)18-44-26-16-22(28(31)32)8-7-21(26)15-25(30(39)42-3)33-19(2)36;3-2(4,5)1(6)7/h7-12,15-16,23H,4-6,13-14,17-18H2,1-3H3,(H3,31,32)(H,33,36)(H,34,38);(H,6,7)/t23-;/m0./s1. The van der Waals surface area contributed by atoms with E-state index in [9.17, 15) is 40.8 Å². The van der Waals surface area contributed by atoms with E-state index >= 15 is 0 Å². The summed E-state index contributed by atoms with van der Waals surface area (Å²) in [5, 5.41) is 20.0. The molecule has 0 aromatic heterocycles. The Hall–Kier alpha value is -5.50. The number of nitrogens with two attached hydrogens (primary N) is 1. The van der Waals surface area contributed by atoms with E-state index in [0.29, 0.717) is 18.7 Å². The Kier molecular flexibility index (Phi) is 15.8. The Bertz CT molecular complexity index is 1780. The number of hydrogen-bond donors (Lipinski definition) is 5. The van der Waals surface area contributed by atoms with Gasteiger partial charge in [0.25, 0.3) is 5.91 Å². The number of rotatable bonds is 14. The Balaban J connectivity index is 0.00000121. The Morgan fingerprint density at radius 1 is 1.06 bits per heavy atom. The molecule has 1 saturated heterocycles. The van der Waals surface area contributed by atoms with Gasteiger partial charge >= 0.3 is 24.1 Å². The molecule has 0 radical (unpaired) electrons. The lowest BCUT2D eigenvalue weighted by atomic mass is 10.1. The van der Waals surface area contributed by atoms with Crippen LogP contribution in [0.15, 0.2) is 53.1 Å². The van der Waals surface area contributed by atoms with Crippen molar-refractivity contribution in [1.82, 2.24) is 14.9 Å². The number of benzene rings is 2. The van der Waals surface area contributed by atoms with Gasteiger partial charge in [-0.25, -0.2) is 18.0 Å². The number of carboxylic acid groups (broad SMARTS) is 1. The number of amides is 2. The average molecular weight is 758 g/mol. The molecule has 3 rings (SSSR count). The van der Waals surface area contributed by atoms with Gasteiger partial charge in [0.05, 0.1) is 31.1 Å². The molecule has 0 saturated carbocycles. The van der Waals surface area contributed by atoms with Crippen molar-refractivity contribution >= 4 is 51.7 Å². The molecule has 52 heavy (non-hydrogen) atoms. The quantitative estimate of drug-likeness (QED) is 0.0806. The van der Waals surface area contributed by atoms with Gasteiger partial charge in [0.2, 0.25) is 15.9 Å². The highest BCUT2D eigenvalue weighted by atomic mass is 32.2. The summed E-state index contributed by atoms with van der Waals surface area (Å²) in [6.45, 7) is 3.61. The van der Waals surface area contributed by atoms with E-state index in [2.05, 4.69) is 10.6 Å². The maximum Gasteiger partial charge on any atom is 0.490 e. The molecule has 0 spiro atoms. The predicted octanol–water partition coefficient (Wildman–Crippen LogP) is 2.17. The first-order chi connectivity index (χ1) is 24.3. The van der Waals surface area contributed by atoms with Gasteiger partial charge in [-0.1, -0.05) is 12.1 Å². The van der Waals surface area contributed by atoms with Crippen molar-refractivity contribution in [2.45, 2.75) is 50.2 Å². The summed E-state index contributed by atoms with van der Waals surface area (Å²) in [4.78, 5) is 58.4. The molecule has 284 valence electrons. The molecule has 1 aliphatic heterocycles. The van der Waals surface area contributed by atoms with Crippen molar-refractivity contribution in [2.24, 2.45) is 5.73 Å². The van der Waals surface area contributed by atoms with Gasteiger partial charge in [-0.2, -0.15) is 17.5 Å². The van der Waals surface area contributed by atoms with Crippen LogP contribution >= 0.6 is 0 Å². The largest absolute Gasteiger partial charge is 0.491 e. The molecule has 1 aliphatic rings. The summed E-state index contributed by atoms with van der Waals surface area (Å²) < 4.78 is 74.6. The zero-order chi connectivity index (χ0) is 39.2. The molecule has 6 N–H and O–H groups in total. The van der Waals surface area contributed by atoms with Crippen LogP contribution in [0.4, 0.5) is 13.2 Å². The van der Waals surface area contributed by atoms with Crippen LogP contribution in [0.25, 0.3) is 6.08 Å². The van der Waals surface area contributed by atoms with E-state index < -0.39 is 52.0 Å². The first kappa shape index (κ1) is 42.7. The van der Waals surface area contributed by atoms with Crippen LogP contribution in [0.5, 0.6) is 5.75 Å². The lowest BCUT2D eigenvalue weighted by Gasteiger charge is -2.20. The number of halogens is 3. The highest BCUT2D eigenvalue weighted by Crippen LogP contribution is 2.25. The number of amidine groups is 1. The minimum absolute atomic E-state index is 0.0730. The maximum absolute atomic E-state index is 13.2. The first-order valence-corrected chi connectivity index (χ1v) is 16.8. The van der Waals surface area contributed by atoms with Crippen LogP contribution in [0.1, 0.15) is 54.6 Å². The summed E-state index contributed by atoms with van der Waals surface area (Å²) >= 11 is 0. The molecule has 20 heteroatoms. The highest BCUT2D eigenvalue weighted by molar-refractivity contribution is 7.89. The fraction of sp³-hybridized carbons (Fsp3) is 0.375. The predicted molar refractivity (Wildman–Crippen MR) is 177 cm³/mol. The number of sulfonamides is 1. The SMILES string of the molecule is CCOC(=O)C[C@@H](COc1cc(C(=N)N)ccc1C=C(NC(C)=O)C(=O)OC)NC(=O)c1ccc(S(=O)(=O)N2CCCC2)cc1.O=C(O)C(F)(F)F. The Morgan fingerprint density at radius 3 is 2.13 bits per heavy atom. The number of nitrogens with one attached hydrogen (secondary N) is 3. The minimum Gasteiger partial charge on any atom is -0.491 e. The number of carbonyl (C=O) groups is 5. The zero-order valence-corrected chi connectivity index (χ0v) is 29.1. The molecule has 2 aromatic carbocycles. The molecular weight excluding hydrogens is 719 g/mol. The van der Waals surface area contributed by atoms with Crippen LogP contribution in [-0.2, 0) is 38.7 Å². The van der Waals surface area contributed by atoms with E-state index in [1.54, 1.807) is 6.92 Å². The normalized spacial score (nSPS) is 13.8. The first-order valence-electron chi connectivity index (χ1n) is 15.4. The molecule has 16 nitrogen and oxygen atoms in total. The fourth-order valence-corrected chi connectivity index (χ4v) is 5.95. The minimum atomic E-state index is -5.08. The number of hydrogen-bond acceptors (Lipinski definition) is 11. The topological polar surface area (TPSA) is 245 Å². The van der Waals surface area contributed by atoms with Crippen molar-refractivity contribution in [3.8, 4) is 5.75 Å². The van der Waals surface area contributed by atoms with Crippen LogP contribution < -0.4 is 21.1 Å². The lowest BCUT2D eigenvalue weighted by molar-refractivity contribution is -0.192. The molecule has 1 heterocycles. The molecule has 0 bridgehead atoms. The second-order valence-electron chi connectivity index (χ2n) is 10.8. The number of aliphatic carboxylic acids is 1. The number of alkyl halides is 3. The molecule has 2 amide bonds. The second-order valence-corrected chi connectivity index (χ2v) is 12.8. The monoisotopic (exact) mass is 757 g/mol. The molecule has 2 aromatic rings. The van der Waals surface area contributed by atoms with Crippen LogP contribution in [0.3, 0.4) is 0 Å². The van der Waals surface area contributed by atoms with Gasteiger partial charge in [0.1, 0.15) is 23.9 Å². The van der Waals surface area contributed by atoms with Crippen molar-refractivity contribution in [3.05, 3.63) is 64.9 Å². The van der Waals surface area contributed by atoms with Crippen LogP contribution in [0.2, 0.25) is 0 Å². The van der Waals surface area contributed by atoms with Crippen LogP contribution in [0, 0.1) is 5.41 Å². The number of carbonyl (C=O) groups excluding carboxylic acids is 4. The van der Waals surface area contributed by atoms with Crippen molar-refractivity contribution < 1.29 is 64.9 Å². The third-order valence-electron chi connectivity index (χ3n) is 6.90. The smallest absolute Gasteiger partial charge is 0.490 e. The number of nitrogen functional groups attached to an aromatic ring is 1. The average Bonchev–Trinajstić information content (AvgIpc) is 3.63. The van der Waals surface area contributed by atoms with E-state index in [1.807, 2.05) is 0 Å². The number of esters is 2. The van der Waals surface area contributed by atoms with Crippen molar-refractivity contribution in [3.63, 3.8) is 0 Å². The second kappa shape index (κ2) is 19.2. The van der Waals surface area contributed by atoms with Gasteiger partial charge < -0.3 is 35.7 Å². The molecule has 0 unspecified atom stereocenters. The van der Waals surface area contributed by atoms with Gasteiger partial charge in [-0.3, -0.25) is 19.8 Å².